The van der Waals surface area contributed by atoms with Gasteiger partial charge in [0.1, 0.15) is 11.6 Å². The monoisotopic (exact) mass is 345 g/mol. The molecule has 6 nitrogen and oxygen atoms in total. The minimum atomic E-state index is -0.192. The molecule has 134 valence electrons. The Morgan fingerprint density at radius 2 is 2.12 bits per heavy atom. The fraction of sp³-hybridized carbons (Fsp3) is 0.444. The van der Waals surface area contributed by atoms with Crippen LogP contribution < -0.4 is 10.6 Å². The number of hydrogen-bond donors (Lipinski definition) is 2. The van der Waals surface area contributed by atoms with Gasteiger partial charge in [0, 0.05) is 56.2 Å². The van der Waals surface area contributed by atoms with Gasteiger partial charge in [0.05, 0.1) is 0 Å². The first-order chi connectivity index (χ1) is 12.1. The summed E-state index contributed by atoms with van der Waals surface area (Å²) < 4.78 is 14.0. The number of aliphatic hydroxyl groups excluding tert-OH is 1. The number of nitrogen functional groups attached to an aromatic ring is 1. The number of aromatic nitrogens is 2. The van der Waals surface area contributed by atoms with Crippen LogP contribution in [0.15, 0.2) is 30.5 Å². The summed E-state index contributed by atoms with van der Waals surface area (Å²) in [6.45, 7) is 4.65. The number of nitrogens with two attached hydrogens (primary N) is 1. The molecular formula is C18H24FN5O. The van der Waals surface area contributed by atoms with Crippen LogP contribution in [0.3, 0.4) is 0 Å². The molecule has 1 aliphatic rings. The van der Waals surface area contributed by atoms with Crippen LogP contribution in [0.25, 0.3) is 0 Å². The summed E-state index contributed by atoms with van der Waals surface area (Å²) in [4.78, 5) is 13.0. The van der Waals surface area contributed by atoms with Crippen molar-refractivity contribution in [2.24, 2.45) is 0 Å². The number of nitrogens with zero attached hydrogens (tertiary/aromatic N) is 4. The third-order valence-electron chi connectivity index (χ3n) is 4.68. The van der Waals surface area contributed by atoms with Crippen LogP contribution in [0.2, 0.25) is 0 Å². The molecule has 0 saturated carbocycles. The van der Waals surface area contributed by atoms with E-state index < -0.39 is 0 Å². The molecule has 1 fully saturated rings. The van der Waals surface area contributed by atoms with Gasteiger partial charge in [-0.05, 0) is 19.4 Å². The van der Waals surface area contributed by atoms with Crippen LogP contribution in [-0.4, -0.2) is 52.3 Å². The van der Waals surface area contributed by atoms with Gasteiger partial charge in [0.15, 0.2) is 0 Å². The van der Waals surface area contributed by atoms with Gasteiger partial charge in [-0.3, -0.25) is 4.90 Å². The highest BCUT2D eigenvalue weighted by Crippen LogP contribution is 2.21. The summed E-state index contributed by atoms with van der Waals surface area (Å²) >= 11 is 0. The van der Waals surface area contributed by atoms with Crippen LogP contribution in [0, 0.1) is 12.7 Å². The summed E-state index contributed by atoms with van der Waals surface area (Å²) in [5.74, 6) is 0.899. The van der Waals surface area contributed by atoms with Crippen LogP contribution in [0.5, 0.6) is 0 Å². The smallest absolute Gasteiger partial charge is 0.227 e. The summed E-state index contributed by atoms with van der Waals surface area (Å²) in [5, 5.41) is 9.42. The molecule has 3 N–H and O–H groups in total. The minimum Gasteiger partial charge on any atom is -0.396 e. The minimum absolute atomic E-state index is 0.0865. The molecule has 2 heterocycles. The van der Waals surface area contributed by atoms with Crippen molar-refractivity contribution < 1.29 is 9.50 Å². The van der Waals surface area contributed by atoms with Crippen molar-refractivity contribution in [3.05, 3.63) is 47.4 Å². The predicted molar refractivity (Wildman–Crippen MR) is 95.7 cm³/mol. The topological polar surface area (TPSA) is 78.5 Å². The van der Waals surface area contributed by atoms with Crippen molar-refractivity contribution in [1.29, 1.82) is 0 Å². The van der Waals surface area contributed by atoms with E-state index in [-0.39, 0.29) is 18.5 Å². The maximum Gasteiger partial charge on any atom is 0.227 e. The number of halogens is 1. The highest BCUT2D eigenvalue weighted by atomic mass is 19.1. The van der Waals surface area contributed by atoms with Crippen LogP contribution in [0.4, 0.5) is 16.2 Å². The summed E-state index contributed by atoms with van der Waals surface area (Å²) in [5.41, 5.74) is 7.43. The number of hydrogen-bond acceptors (Lipinski definition) is 6. The van der Waals surface area contributed by atoms with Gasteiger partial charge >= 0.3 is 0 Å². The maximum absolute atomic E-state index is 14.0. The lowest BCUT2D eigenvalue weighted by Gasteiger charge is -2.41. The van der Waals surface area contributed by atoms with Gasteiger partial charge in [-0.25, -0.2) is 9.37 Å². The zero-order chi connectivity index (χ0) is 17.8. The number of aryl methyl sites for hydroxylation is 1. The number of rotatable bonds is 5. The fourth-order valence-electron chi connectivity index (χ4n) is 3.15. The van der Waals surface area contributed by atoms with Crippen LogP contribution >= 0.6 is 0 Å². The van der Waals surface area contributed by atoms with E-state index in [0.29, 0.717) is 36.8 Å². The molecule has 1 aliphatic heterocycles. The molecule has 1 atom stereocenters. The van der Waals surface area contributed by atoms with Crippen molar-refractivity contribution in [3.8, 4) is 0 Å². The molecule has 0 amide bonds. The standard InChI is InChI=1S/C18H24FN5O/c1-13-10-21-18(22-17(13)20)24-8-7-23(15(12-24)6-9-25)11-14-4-2-3-5-16(14)19/h2-5,10,15,25H,6-9,11-12H2,1H3,(H2,20,21,22)/t15-/m0/s1. The Hall–Kier alpha value is -2.25. The molecule has 0 radical (unpaired) electrons. The second-order valence-electron chi connectivity index (χ2n) is 6.41. The third kappa shape index (κ3) is 4.05. The molecule has 1 aromatic heterocycles. The van der Waals surface area contributed by atoms with Gasteiger partial charge in [-0.2, -0.15) is 4.98 Å². The number of benzene rings is 1. The lowest BCUT2D eigenvalue weighted by atomic mass is 10.1. The average molecular weight is 345 g/mol. The van der Waals surface area contributed by atoms with E-state index in [1.807, 2.05) is 19.1 Å². The van der Waals surface area contributed by atoms with Crippen molar-refractivity contribution in [1.82, 2.24) is 14.9 Å². The second kappa shape index (κ2) is 7.76. The Labute approximate surface area is 147 Å². The largest absolute Gasteiger partial charge is 0.396 e. The number of aliphatic hydroxyl groups is 1. The molecule has 0 spiro atoms. The van der Waals surface area contributed by atoms with Gasteiger partial charge in [0.2, 0.25) is 5.95 Å². The van der Waals surface area contributed by atoms with Crippen molar-refractivity contribution in [2.45, 2.75) is 25.9 Å². The molecule has 2 aromatic rings. The molecule has 1 saturated heterocycles. The van der Waals surface area contributed by atoms with Gasteiger partial charge < -0.3 is 15.7 Å². The second-order valence-corrected chi connectivity index (χ2v) is 6.41. The van der Waals surface area contributed by atoms with Crippen LogP contribution in [-0.2, 0) is 6.54 Å². The van der Waals surface area contributed by atoms with E-state index in [2.05, 4.69) is 19.8 Å². The first-order valence-corrected chi connectivity index (χ1v) is 8.51. The van der Waals surface area contributed by atoms with E-state index in [4.69, 9.17) is 5.73 Å². The Balaban J connectivity index is 1.73. The van der Waals surface area contributed by atoms with Gasteiger partial charge in [0.25, 0.3) is 0 Å². The molecule has 3 rings (SSSR count). The fourth-order valence-corrected chi connectivity index (χ4v) is 3.15. The van der Waals surface area contributed by atoms with E-state index >= 15 is 0 Å². The summed E-state index contributed by atoms with van der Waals surface area (Å²) in [7, 11) is 0. The van der Waals surface area contributed by atoms with E-state index in [9.17, 15) is 9.50 Å². The molecule has 7 heteroatoms. The third-order valence-corrected chi connectivity index (χ3v) is 4.68. The van der Waals surface area contributed by atoms with Crippen molar-refractivity contribution >= 4 is 11.8 Å². The average Bonchev–Trinajstić information content (AvgIpc) is 2.61. The number of anilines is 2. The maximum atomic E-state index is 14.0. The molecule has 0 aliphatic carbocycles. The van der Waals surface area contributed by atoms with Gasteiger partial charge in [-0.15, -0.1) is 0 Å². The number of piperazine rings is 1. The van der Waals surface area contributed by atoms with Crippen molar-refractivity contribution in [3.63, 3.8) is 0 Å². The van der Waals surface area contributed by atoms with Crippen LogP contribution in [0.1, 0.15) is 17.5 Å². The first kappa shape index (κ1) is 17.6. The summed E-state index contributed by atoms with van der Waals surface area (Å²) in [6.07, 6.45) is 2.34. The SMILES string of the molecule is Cc1cnc(N2CCN(Cc3ccccc3F)[C@@H](CCO)C2)nc1N. The molecule has 0 bridgehead atoms. The van der Waals surface area contributed by atoms with E-state index in [0.717, 1.165) is 18.7 Å². The Morgan fingerprint density at radius 1 is 1.32 bits per heavy atom. The molecule has 1 aromatic carbocycles. The quantitative estimate of drug-likeness (QED) is 0.857. The Bertz CT molecular complexity index is 726. The predicted octanol–water partition coefficient (Wildman–Crippen LogP) is 1.58. The molecule has 0 unspecified atom stereocenters. The first-order valence-electron chi connectivity index (χ1n) is 8.51. The highest BCUT2D eigenvalue weighted by Gasteiger charge is 2.28. The zero-order valence-electron chi connectivity index (χ0n) is 14.4. The lowest BCUT2D eigenvalue weighted by Crippen LogP contribution is -2.53. The zero-order valence-corrected chi connectivity index (χ0v) is 14.4. The van der Waals surface area contributed by atoms with Crippen molar-refractivity contribution in [2.75, 3.05) is 36.9 Å². The lowest BCUT2D eigenvalue weighted by molar-refractivity contribution is 0.133. The Morgan fingerprint density at radius 3 is 2.84 bits per heavy atom. The Kier molecular flexibility index (Phi) is 5.45. The summed E-state index contributed by atoms with van der Waals surface area (Å²) in [6, 6.07) is 6.93. The molecule has 25 heavy (non-hydrogen) atoms. The van der Waals surface area contributed by atoms with E-state index in [1.165, 1.54) is 6.07 Å². The van der Waals surface area contributed by atoms with E-state index in [1.54, 1.807) is 12.3 Å². The van der Waals surface area contributed by atoms with Gasteiger partial charge in [-0.1, -0.05) is 18.2 Å². The normalized spacial score (nSPS) is 18.5. The highest BCUT2D eigenvalue weighted by molar-refractivity contribution is 5.44. The molecular weight excluding hydrogens is 321 g/mol.